The minimum atomic E-state index is 0.463. The molecule has 0 amide bonds. The maximum absolute atomic E-state index is 5.28. The summed E-state index contributed by atoms with van der Waals surface area (Å²) < 4.78 is 0. The number of aromatic nitrogens is 1. The van der Waals surface area contributed by atoms with E-state index in [-0.39, 0.29) is 0 Å². The Kier molecular flexibility index (Phi) is 3.61. The maximum Gasteiger partial charge on any atom is 0.187 e. The number of hydrazone groups is 1. The van der Waals surface area contributed by atoms with Gasteiger partial charge in [-0.2, -0.15) is 5.10 Å². The van der Waals surface area contributed by atoms with Crippen molar-refractivity contribution in [3.05, 3.63) is 28.7 Å². The molecule has 6 heteroatoms. The summed E-state index contributed by atoms with van der Waals surface area (Å²) >= 11 is 6.85. The fourth-order valence-corrected chi connectivity index (χ4v) is 3.52. The highest BCUT2D eigenvalue weighted by atomic mass is 32.1. The van der Waals surface area contributed by atoms with Gasteiger partial charge in [0.1, 0.15) is 5.01 Å². The first kappa shape index (κ1) is 12.7. The molecule has 0 aliphatic heterocycles. The van der Waals surface area contributed by atoms with E-state index in [9.17, 15) is 0 Å². The van der Waals surface area contributed by atoms with Crippen molar-refractivity contribution in [3.63, 3.8) is 0 Å². The average Bonchev–Trinajstić information content (AvgIpc) is 3.12. The smallest absolute Gasteiger partial charge is 0.187 e. The molecule has 0 radical (unpaired) electrons. The molecule has 0 spiro atoms. The van der Waals surface area contributed by atoms with Gasteiger partial charge in [-0.1, -0.05) is 12.2 Å². The summed E-state index contributed by atoms with van der Waals surface area (Å²) in [5, 5.41) is 11.1. The van der Waals surface area contributed by atoms with Crippen LogP contribution >= 0.6 is 23.6 Å². The highest BCUT2D eigenvalue weighted by Gasteiger charge is 2.35. The number of nitrogens with one attached hydrogen (secondary N) is 2. The summed E-state index contributed by atoms with van der Waals surface area (Å²) in [7, 11) is 0. The molecule has 19 heavy (non-hydrogen) atoms. The Morgan fingerprint density at radius 1 is 1.47 bits per heavy atom. The van der Waals surface area contributed by atoms with Crippen LogP contribution in [0.4, 0.5) is 0 Å². The number of hydrogen-bond acceptors (Lipinski definition) is 4. The third-order valence-electron chi connectivity index (χ3n) is 3.66. The Balaban J connectivity index is 1.52. The summed E-state index contributed by atoms with van der Waals surface area (Å²) in [5.41, 5.74) is 3.76. The summed E-state index contributed by atoms with van der Waals surface area (Å²) in [6, 6.07) is 0.463. The lowest BCUT2D eigenvalue weighted by molar-refractivity contribution is 0.521. The molecule has 3 atom stereocenters. The second-order valence-electron chi connectivity index (χ2n) is 5.01. The SMILES string of the molecule is C/C(=N/NC(=S)NC1CC2C=CC1C2)c1nccs1. The molecule has 3 unspecified atom stereocenters. The molecule has 0 aromatic carbocycles. The topological polar surface area (TPSA) is 49.3 Å². The molecule has 1 heterocycles. The van der Waals surface area contributed by atoms with Crippen molar-refractivity contribution in [2.24, 2.45) is 16.9 Å². The van der Waals surface area contributed by atoms with Gasteiger partial charge in [0.15, 0.2) is 5.11 Å². The maximum atomic E-state index is 5.28. The molecule has 100 valence electrons. The Morgan fingerprint density at radius 3 is 3.00 bits per heavy atom. The van der Waals surface area contributed by atoms with E-state index >= 15 is 0 Å². The molecular weight excluding hydrogens is 276 g/mol. The fourth-order valence-electron chi connectivity index (χ4n) is 2.73. The van der Waals surface area contributed by atoms with Crippen LogP contribution in [0.1, 0.15) is 24.8 Å². The van der Waals surface area contributed by atoms with Gasteiger partial charge in [-0.15, -0.1) is 11.3 Å². The Morgan fingerprint density at radius 2 is 2.37 bits per heavy atom. The summed E-state index contributed by atoms with van der Waals surface area (Å²) in [6.45, 7) is 1.93. The number of rotatable bonds is 3. The van der Waals surface area contributed by atoms with E-state index in [0.717, 1.165) is 16.6 Å². The highest BCUT2D eigenvalue weighted by molar-refractivity contribution is 7.80. The Hall–Kier alpha value is -1.27. The number of nitrogens with zero attached hydrogens (tertiary/aromatic N) is 2. The van der Waals surface area contributed by atoms with Crippen molar-refractivity contribution in [2.45, 2.75) is 25.8 Å². The van der Waals surface area contributed by atoms with Gasteiger partial charge in [0.25, 0.3) is 0 Å². The predicted molar refractivity (Wildman–Crippen MR) is 82.3 cm³/mol. The van der Waals surface area contributed by atoms with Crippen LogP contribution in [0.2, 0.25) is 0 Å². The average molecular weight is 292 g/mol. The minimum Gasteiger partial charge on any atom is -0.358 e. The number of thiazole rings is 1. The van der Waals surface area contributed by atoms with Gasteiger partial charge in [0.2, 0.25) is 0 Å². The van der Waals surface area contributed by atoms with Crippen LogP contribution in [0, 0.1) is 11.8 Å². The number of hydrogen-bond donors (Lipinski definition) is 2. The van der Waals surface area contributed by atoms with Crippen molar-refractivity contribution < 1.29 is 0 Å². The van der Waals surface area contributed by atoms with E-state index in [0.29, 0.717) is 17.1 Å². The van der Waals surface area contributed by atoms with E-state index in [1.54, 1.807) is 17.5 Å². The molecule has 1 aromatic heterocycles. The Bertz CT molecular complexity index is 521. The van der Waals surface area contributed by atoms with Crippen LogP contribution in [-0.2, 0) is 0 Å². The molecule has 2 N–H and O–H groups in total. The van der Waals surface area contributed by atoms with Crippen molar-refractivity contribution in [1.82, 2.24) is 15.7 Å². The monoisotopic (exact) mass is 292 g/mol. The molecule has 1 fully saturated rings. The zero-order valence-corrected chi connectivity index (χ0v) is 12.3. The predicted octanol–water partition coefficient (Wildman–Crippen LogP) is 2.30. The second-order valence-corrected chi connectivity index (χ2v) is 6.31. The first-order valence-corrected chi connectivity index (χ1v) is 7.70. The summed E-state index contributed by atoms with van der Waals surface area (Å²) in [4.78, 5) is 4.20. The summed E-state index contributed by atoms with van der Waals surface area (Å²) in [5.74, 6) is 1.37. The first-order chi connectivity index (χ1) is 9.22. The number of thiocarbonyl (C=S) groups is 1. The molecule has 2 bridgehead atoms. The van der Waals surface area contributed by atoms with Gasteiger partial charge >= 0.3 is 0 Å². The van der Waals surface area contributed by atoms with Gasteiger partial charge < -0.3 is 5.32 Å². The van der Waals surface area contributed by atoms with Crippen LogP contribution < -0.4 is 10.7 Å². The molecular formula is C13H16N4S2. The van der Waals surface area contributed by atoms with Crippen molar-refractivity contribution in [2.75, 3.05) is 0 Å². The number of fused-ring (bicyclic) bond motifs is 2. The summed E-state index contributed by atoms with van der Waals surface area (Å²) in [6.07, 6.45) is 8.85. The second kappa shape index (κ2) is 5.38. The molecule has 3 rings (SSSR count). The molecule has 4 nitrogen and oxygen atoms in total. The van der Waals surface area contributed by atoms with E-state index in [4.69, 9.17) is 12.2 Å². The van der Waals surface area contributed by atoms with E-state index < -0.39 is 0 Å². The molecule has 0 saturated heterocycles. The zero-order valence-electron chi connectivity index (χ0n) is 10.7. The molecule has 1 saturated carbocycles. The standard InChI is InChI=1S/C13H16N4S2/c1-8(12-14-4-5-19-12)16-17-13(18)15-11-7-9-2-3-10(11)6-9/h2-5,9-11H,6-7H2,1H3,(H2,15,17,18)/b16-8-. The van der Waals surface area contributed by atoms with Crippen molar-refractivity contribution in [1.29, 1.82) is 0 Å². The van der Waals surface area contributed by atoms with Gasteiger partial charge in [-0.25, -0.2) is 4.98 Å². The number of allylic oxidation sites excluding steroid dienone is 1. The van der Waals surface area contributed by atoms with Gasteiger partial charge in [-0.3, -0.25) is 5.43 Å². The largest absolute Gasteiger partial charge is 0.358 e. The van der Waals surface area contributed by atoms with E-state index in [1.807, 2.05) is 12.3 Å². The first-order valence-electron chi connectivity index (χ1n) is 6.41. The molecule has 2 aliphatic rings. The van der Waals surface area contributed by atoms with Crippen LogP contribution in [0.3, 0.4) is 0 Å². The van der Waals surface area contributed by atoms with Gasteiger partial charge in [-0.05, 0) is 43.8 Å². The zero-order chi connectivity index (χ0) is 13.2. The third-order valence-corrected chi connectivity index (χ3v) is 4.75. The quantitative estimate of drug-likeness (QED) is 0.388. The fraction of sp³-hybridized carbons (Fsp3) is 0.462. The molecule has 2 aliphatic carbocycles. The van der Waals surface area contributed by atoms with Crippen LogP contribution in [0.5, 0.6) is 0 Å². The van der Waals surface area contributed by atoms with Crippen LogP contribution in [0.15, 0.2) is 28.8 Å². The van der Waals surface area contributed by atoms with Crippen molar-refractivity contribution in [3.8, 4) is 0 Å². The third kappa shape index (κ3) is 2.84. The van der Waals surface area contributed by atoms with Crippen LogP contribution in [0.25, 0.3) is 0 Å². The minimum absolute atomic E-state index is 0.463. The Labute approximate surface area is 122 Å². The van der Waals surface area contributed by atoms with Crippen molar-refractivity contribution >= 4 is 34.4 Å². The lowest BCUT2D eigenvalue weighted by Gasteiger charge is -2.20. The highest BCUT2D eigenvalue weighted by Crippen LogP contribution is 2.38. The lowest BCUT2D eigenvalue weighted by Crippen LogP contribution is -2.42. The van der Waals surface area contributed by atoms with Gasteiger partial charge in [0, 0.05) is 17.6 Å². The lowest BCUT2D eigenvalue weighted by atomic mass is 10.0. The van der Waals surface area contributed by atoms with Crippen LogP contribution in [-0.4, -0.2) is 21.8 Å². The van der Waals surface area contributed by atoms with E-state index in [1.165, 1.54) is 12.8 Å². The normalized spacial score (nSPS) is 28.7. The molecule has 1 aromatic rings. The van der Waals surface area contributed by atoms with E-state index in [2.05, 4.69) is 33.0 Å². The van der Waals surface area contributed by atoms with Gasteiger partial charge in [0.05, 0.1) is 5.71 Å².